The molecule has 2 fully saturated rings. The van der Waals surface area contributed by atoms with Crippen molar-refractivity contribution in [2.75, 3.05) is 31.6 Å². The Morgan fingerprint density at radius 2 is 2.03 bits per heavy atom. The van der Waals surface area contributed by atoms with Gasteiger partial charge in [0.05, 0.1) is 42.5 Å². The zero-order chi connectivity index (χ0) is 20.9. The Morgan fingerprint density at radius 3 is 2.70 bits per heavy atom. The molecule has 3 aromatic rings. The molecule has 0 radical (unpaired) electrons. The van der Waals surface area contributed by atoms with E-state index >= 15 is 0 Å². The summed E-state index contributed by atoms with van der Waals surface area (Å²) in [7, 11) is 0. The summed E-state index contributed by atoms with van der Waals surface area (Å²) >= 11 is 0.663. The maximum atomic E-state index is 13.0. The van der Waals surface area contributed by atoms with E-state index in [1.54, 1.807) is 12.1 Å². The number of anilines is 1. The fraction of sp³-hybridized carbons (Fsp3) is 0.474. The summed E-state index contributed by atoms with van der Waals surface area (Å²) in [4.78, 5) is 6.27. The highest BCUT2D eigenvalue weighted by Gasteiger charge is 2.35. The number of imidazole rings is 1. The SMILES string of the molecule is O[C@@H]1CN(C2COC2)CC[C@@H]1Nc1ccc2ncc(-c3ccc(C(F)(F)F)s3)n2n1. The van der Waals surface area contributed by atoms with Crippen molar-refractivity contribution < 1.29 is 23.0 Å². The molecule has 30 heavy (non-hydrogen) atoms. The second-order valence-corrected chi connectivity index (χ2v) is 8.67. The molecule has 160 valence electrons. The van der Waals surface area contributed by atoms with E-state index in [9.17, 15) is 18.3 Å². The average molecular weight is 439 g/mol. The van der Waals surface area contributed by atoms with E-state index in [-0.39, 0.29) is 6.04 Å². The van der Waals surface area contributed by atoms with Crippen LogP contribution >= 0.6 is 11.3 Å². The second kappa shape index (κ2) is 7.49. The number of piperidine rings is 1. The molecule has 11 heteroatoms. The van der Waals surface area contributed by atoms with Crippen LogP contribution in [0.2, 0.25) is 0 Å². The topological polar surface area (TPSA) is 74.9 Å². The number of aliphatic hydroxyl groups is 1. The van der Waals surface area contributed by atoms with Gasteiger partial charge in [0.25, 0.3) is 0 Å². The zero-order valence-corrected chi connectivity index (χ0v) is 16.7. The summed E-state index contributed by atoms with van der Waals surface area (Å²) < 4.78 is 45.6. The number of hydrogen-bond donors (Lipinski definition) is 2. The van der Waals surface area contributed by atoms with Crippen LogP contribution in [0.1, 0.15) is 11.3 Å². The van der Waals surface area contributed by atoms with E-state index in [2.05, 4.69) is 20.3 Å². The number of alkyl halides is 3. The Kier molecular flexibility index (Phi) is 4.92. The molecule has 7 nitrogen and oxygen atoms in total. The number of halogens is 3. The third kappa shape index (κ3) is 3.66. The maximum Gasteiger partial charge on any atom is 0.425 e. The first-order valence-electron chi connectivity index (χ1n) is 9.67. The minimum Gasteiger partial charge on any atom is -0.390 e. The Hall–Kier alpha value is -2.21. The van der Waals surface area contributed by atoms with E-state index in [0.29, 0.717) is 59.2 Å². The predicted octanol–water partition coefficient (Wildman–Crippen LogP) is 2.72. The van der Waals surface area contributed by atoms with E-state index in [1.165, 1.54) is 16.8 Å². The third-order valence-electron chi connectivity index (χ3n) is 5.58. The minimum absolute atomic E-state index is 0.155. The van der Waals surface area contributed by atoms with Gasteiger partial charge in [-0.2, -0.15) is 13.2 Å². The van der Waals surface area contributed by atoms with Gasteiger partial charge >= 0.3 is 6.18 Å². The number of thiophene rings is 1. The number of nitrogens with one attached hydrogen (secondary N) is 1. The van der Waals surface area contributed by atoms with Crippen molar-refractivity contribution in [3.8, 4) is 10.6 Å². The van der Waals surface area contributed by atoms with Crippen LogP contribution in [-0.4, -0.2) is 69.1 Å². The molecule has 0 aromatic carbocycles. The first-order valence-corrected chi connectivity index (χ1v) is 10.5. The van der Waals surface area contributed by atoms with Gasteiger partial charge in [0.2, 0.25) is 0 Å². The molecule has 2 saturated heterocycles. The smallest absolute Gasteiger partial charge is 0.390 e. The van der Waals surface area contributed by atoms with Gasteiger partial charge in [-0.25, -0.2) is 9.50 Å². The van der Waals surface area contributed by atoms with Gasteiger partial charge in [0, 0.05) is 13.1 Å². The number of ether oxygens (including phenoxy) is 1. The van der Waals surface area contributed by atoms with Crippen molar-refractivity contribution >= 4 is 22.8 Å². The van der Waals surface area contributed by atoms with E-state index in [1.807, 2.05) is 0 Å². The van der Waals surface area contributed by atoms with Gasteiger partial charge in [0.15, 0.2) is 5.65 Å². The quantitative estimate of drug-likeness (QED) is 0.651. The lowest BCUT2D eigenvalue weighted by molar-refractivity contribution is -0.134. The minimum atomic E-state index is -4.37. The summed E-state index contributed by atoms with van der Waals surface area (Å²) in [6, 6.07) is 6.25. The van der Waals surface area contributed by atoms with Crippen LogP contribution in [0.15, 0.2) is 30.5 Å². The van der Waals surface area contributed by atoms with Crippen molar-refractivity contribution in [2.24, 2.45) is 0 Å². The number of likely N-dealkylation sites (tertiary alicyclic amines) is 1. The van der Waals surface area contributed by atoms with Crippen molar-refractivity contribution in [3.63, 3.8) is 0 Å². The second-order valence-electron chi connectivity index (χ2n) is 7.59. The highest BCUT2D eigenvalue weighted by Crippen LogP contribution is 2.38. The highest BCUT2D eigenvalue weighted by atomic mass is 32.1. The number of aliphatic hydroxyl groups excluding tert-OH is 1. The Morgan fingerprint density at radius 1 is 1.20 bits per heavy atom. The molecule has 0 saturated carbocycles. The van der Waals surface area contributed by atoms with E-state index < -0.39 is 17.2 Å². The molecule has 2 N–H and O–H groups in total. The lowest BCUT2D eigenvalue weighted by Gasteiger charge is -2.43. The molecule has 5 heterocycles. The summed E-state index contributed by atoms with van der Waals surface area (Å²) in [5.41, 5.74) is 1.03. The number of nitrogens with zero attached hydrogens (tertiary/aromatic N) is 4. The van der Waals surface area contributed by atoms with Crippen LogP contribution in [0.3, 0.4) is 0 Å². The maximum absolute atomic E-state index is 13.0. The molecular formula is C19H20F3N5O2S. The standard InChI is InChI=1S/C19H20F3N5O2S/c20-19(21,22)16-2-1-15(30-16)13-7-23-18-4-3-17(25-27(13)18)24-12-5-6-26(8-14(12)28)11-9-29-10-11/h1-4,7,11-12,14,28H,5-6,8-10H2,(H,24,25)/t12-,14+/m0/s1. The number of β-amino-alcohol motifs (C(OH)–C–C–N with tert-alkyl or cyclic N) is 1. The molecule has 5 rings (SSSR count). The van der Waals surface area contributed by atoms with Crippen LogP contribution in [0.4, 0.5) is 19.0 Å². The van der Waals surface area contributed by atoms with Gasteiger partial charge in [-0.1, -0.05) is 0 Å². The van der Waals surface area contributed by atoms with Crippen LogP contribution in [0, 0.1) is 0 Å². The van der Waals surface area contributed by atoms with Crippen LogP contribution < -0.4 is 5.32 Å². The van der Waals surface area contributed by atoms with E-state index in [4.69, 9.17) is 4.74 Å². The predicted molar refractivity (Wildman–Crippen MR) is 106 cm³/mol. The average Bonchev–Trinajstić information content (AvgIpc) is 3.28. The molecular weight excluding hydrogens is 419 g/mol. The molecule has 0 amide bonds. The molecule has 2 aliphatic heterocycles. The Labute approximate surface area is 174 Å². The number of fused-ring (bicyclic) bond motifs is 1. The number of aromatic nitrogens is 3. The van der Waals surface area contributed by atoms with Crippen LogP contribution in [-0.2, 0) is 10.9 Å². The number of rotatable bonds is 4. The lowest BCUT2D eigenvalue weighted by atomic mass is 9.99. The van der Waals surface area contributed by atoms with Gasteiger partial charge in [-0.15, -0.1) is 16.4 Å². The molecule has 0 aliphatic carbocycles. The summed E-state index contributed by atoms with van der Waals surface area (Å²) in [6.07, 6.45) is -2.65. The van der Waals surface area contributed by atoms with Crippen molar-refractivity contribution in [2.45, 2.75) is 30.8 Å². The summed E-state index contributed by atoms with van der Waals surface area (Å²) in [5.74, 6) is 0.541. The van der Waals surface area contributed by atoms with Crippen molar-refractivity contribution in [3.05, 3.63) is 35.3 Å². The fourth-order valence-electron chi connectivity index (χ4n) is 3.83. The van der Waals surface area contributed by atoms with Gasteiger partial charge in [-0.05, 0) is 30.7 Å². The van der Waals surface area contributed by atoms with Crippen molar-refractivity contribution in [1.29, 1.82) is 0 Å². The first kappa shape index (κ1) is 19.7. The molecule has 0 spiro atoms. The molecule has 0 bridgehead atoms. The molecule has 2 atom stereocenters. The zero-order valence-electron chi connectivity index (χ0n) is 15.8. The molecule has 0 unspecified atom stereocenters. The molecule has 2 aliphatic rings. The molecule has 3 aromatic heterocycles. The normalized spacial score (nSPS) is 23.6. The fourth-order valence-corrected chi connectivity index (χ4v) is 4.69. The van der Waals surface area contributed by atoms with Crippen LogP contribution in [0.25, 0.3) is 16.2 Å². The van der Waals surface area contributed by atoms with Gasteiger partial charge in [0.1, 0.15) is 16.4 Å². The summed E-state index contributed by atoms with van der Waals surface area (Å²) in [5, 5.41) is 18.3. The first-order chi connectivity index (χ1) is 14.4. The Balaban J connectivity index is 1.35. The highest BCUT2D eigenvalue weighted by molar-refractivity contribution is 7.15. The van der Waals surface area contributed by atoms with E-state index in [0.717, 1.165) is 19.0 Å². The van der Waals surface area contributed by atoms with Crippen LogP contribution in [0.5, 0.6) is 0 Å². The number of hydrogen-bond acceptors (Lipinski definition) is 7. The monoisotopic (exact) mass is 439 g/mol. The lowest BCUT2D eigenvalue weighted by Crippen LogP contribution is -2.58. The summed E-state index contributed by atoms with van der Waals surface area (Å²) in [6.45, 7) is 2.85. The van der Waals surface area contributed by atoms with Crippen molar-refractivity contribution in [1.82, 2.24) is 19.5 Å². The van der Waals surface area contributed by atoms with Gasteiger partial charge in [-0.3, -0.25) is 4.90 Å². The largest absolute Gasteiger partial charge is 0.425 e. The van der Waals surface area contributed by atoms with Gasteiger partial charge < -0.3 is 15.2 Å². The third-order valence-corrected chi connectivity index (χ3v) is 6.74. The Bertz CT molecular complexity index is 1050.